The van der Waals surface area contributed by atoms with Gasteiger partial charge in [0.2, 0.25) is 11.2 Å². The summed E-state index contributed by atoms with van der Waals surface area (Å²) in [6, 6.07) is 3.44. The van der Waals surface area contributed by atoms with E-state index in [-0.39, 0.29) is 78.3 Å². The Balaban J connectivity index is 1.07. The number of piperazine rings is 1. The number of carboxylic acids is 1. The van der Waals surface area contributed by atoms with Crippen LogP contribution in [0, 0.1) is 17.7 Å². The average molecular weight is 832 g/mol. The smallest absolute Gasteiger partial charge is 0.341 e. The van der Waals surface area contributed by atoms with E-state index < -0.39 is 97.7 Å². The van der Waals surface area contributed by atoms with Gasteiger partial charge in [0.1, 0.15) is 34.1 Å². The Morgan fingerprint density at radius 3 is 2.40 bits per heavy atom. The maximum Gasteiger partial charge on any atom is 0.341 e. The highest BCUT2D eigenvalue weighted by molar-refractivity contribution is 6.25. The van der Waals surface area contributed by atoms with E-state index in [2.05, 4.69) is 5.32 Å². The number of phenolic OH excluding ortho intramolecular Hbond substituents is 1. The van der Waals surface area contributed by atoms with Crippen LogP contribution in [-0.4, -0.2) is 134 Å². The molecule has 0 radical (unpaired) electrons. The monoisotopic (exact) mass is 831 g/mol. The molecule has 5 aliphatic rings. The number of nitrogens with one attached hydrogen (secondary N) is 1. The molecule has 7 N–H and O–H groups in total. The second-order valence-electron chi connectivity index (χ2n) is 16.8. The fourth-order valence-electron chi connectivity index (χ4n) is 9.90. The van der Waals surface area contributed by atoms with Gasteiger partial charge in [0, 0.05) is 55.3 Å². The van der Waals surface area contributed by atoms with Crippen LogP contribution in [0.15, 0.2) is 52.2 Å². The summed E-state index contributed by atoms with van der Waals surface area (Å²) in [6.45, 7) is 3.67. The van der Waals surface area contributed by atoms with Gasteiger partial charge in [-0.1, -0.05) is 12.1 Å². The van der Waals surface area contributed by atoms with Crippen molar-refractivity contribution in [3.63, 3.8) is 0 Å². The van der Waals surface area contributed by atoms with Gasteiger partial charge in [-0.3, -0.25) is 29.0 Å². The molecule has 0 bridgehead atoms. The first-order valence-corrected chi connectivity index (χ1v) is 19.6. The lowest BCUT2D eigenvalue weighted by Crippen LogP contribution is -2.67. The van der Waals surface area contributed by atoms with Crippen LogP contribution in [-0.2, 0) is 20.0 Å². The Morgan fingerprint density at radius 1 is 1.08 bits per heavy atom. The third-order valence-corrected chi connectivity index (χ3v) is 13.1. The normalized spacial score (nSPS) is 28.2. The third-order valence-electron chi connectivity index (χ3n) is 13.1. The Labute approximate surface area is 342 Å². The van der Waals surface area contributed by atoms with Crippen molar-refractivity contribution in [2.24, 2.45) is 11.8 Å². The van der Waals surface area contributed by atoms with Gasteiger partial charge in [-0.25, -0.2) is 9.18 Å². The lowest BCUT2D eigenvalue weighted by atomic mass is 9.54. The zero-order chi connectivity index (χ0) is 43.5. The quantitative estimate of drug-likeness (QED) is 0.161. The molecule has 8 rings (SSSR count). The molecule has 0 spiro atoms. The highest BCUT2D eigenvalue weighted by atomic mass is 19.1. The Hall–Kier alpha value is -5.82. The summed E-state index contributed by atoms with van der Waals surface area (Å²) < 4.78 is 23.4. The average Bonchev–Trinajstić information content (AvgIpc) is 4.03. The molecule has 1 aliphatic heterocycles. The number of ether oxygens (including phenoxy) is 1. The number of nitrogens with zero attached hydrogens (tertiary/aromatic N) is 4. The van der Waals surface area contributed by atoms with E-state index in [0.717, 1.165) is 18.9 Å². The van der Waals surface area contributed by atoms with E-state index in [1.165, 1.54) is 57.4 Å². The molecule has 4 aliphatic carbocycles. The second-order valence-corrected chi connectivity index (χ2v) is 16.8. The second kappa shape index (κ2) is 14.1. The van der Waals surface area contributed by atoms with Crippen molar-refractivity contribution in [3.05, 3.63) is 80.1 Å². The fourth-order valence-corrected chi connectivity index (χ4v) is 9.90. The van der Waals surface area contributed by atoms with Gasteiger partial charge in [-0.2, -0.15) is 0 Å². The number of aromatic hydroxyl groups is 1. The highest BCUT2D eigenvalue weighted by Gasteiger charge is 2.66. The number of carbonyl (C=O) groups is 4. The summed E-state index contributed by atoms with van der Waals surface area (Å²) in [4.78, 5) is 72.6. The van der Waals surface area contributed by atoms with Crippen LogP contribution in [0.1, 0.15) is 60.6 Å². The molecule has 1 unspecified atom stereocenters. The van der Waals surface area contributed by atoms with Crippen molar-refractivity contribution in [3.8, 4) is 11.5 Å². The number of carbonyl (C=O) groups excluding carboxylic acids is 3. The van der Waals surface area contributed by atoms with Crippen molar-refractivity contribution in [2.75, 3.05) is 52.4 Å². The minimum absolute atomic E-state index is 0.0790. The summed E-state index contributed by atoms with van der Waals surface area (Å²) in [5.41, 5.74) is -7.08. The number of halogens is 1. The predicted molar refractivity (Wildman–Crippen MR) is 212 cm³/mol. The van der Waals surface area contributed by atoms with Crippen LogP contribution >= 0.6 is 0 Å². The number of likely N-dealkylation sites (N-methyl/N-ethyl adjacent to an activating group) is 1. The van der Waals surface area contributed by atoms with Gasteiger partial charge < -0.3 is 50.2 Å². The van der Waals surface area contributed by atoms with Crippen LogP contribution < -0.4 is 20.4 Å². The third kappa shape index (κ3) is 5.83. The van der Waals surface area contributed by atoms with Crippen molar-refractivity contribution < 1.29 is 58.9 Å². The van der Waals surface area contributed by atoms with E-state index in [1.54, 1.807) is 9.47 Å². The van der Waals surface area contributed by atoms with Crippen LogP contribution in [0.25, 0.3) is 16.7 Å². The van der Waals surface area contributed by atoms with Gasteiger partial charge in [0.05, 0.1) is 41.9 Å². The SMILES string of the molecule is COc1c(N2CCN(CNC(=O)C3=C(O)[C@@]4(O)C(=O)C5=C(O)c6c(O)cccc6[C@@](C)(O)[C@H]5C[C@H]4[C@H](N(C)C)C3=O)C(C)C2)c(F)cc2c(=O)c(C(=O)O)cn(C3CC3)c12. The first-order chi connectivity index (χ1) is 28.3. The fraction of sp³-hybridized carbons (Fsp3) is 0.452. The lowest BCUT2D eigenvalue weighted by molar-refractivity contribution is -0.159. The Morgan fingerprint density at radius 2 is 1.78 bits per heavy atom. The molecule has 2 aromatic carbocycles. The van der Waals surface area contributed by atoms with E-state index in [4.69, 9.17) is 4.74 Å². The number of anilines is 1. The lowest BCUT2D eigenvalue weighted by Gasteiger charge is -2.53. The number of aliphatic hydroxyl groups is 4. The van der Waals surface area contributed by atoms with Crippen LogP contribution in [0.3, 0.4) is 0 Å². The van der Waals surface area contributed by atoms with E-state index in [1.807, 2.05) is 11.8 Å². The summed E-state index contributed by atoms with van der Waals surface area (Å²) in [6.07, 6.45) is 2.48. The van der Waals surface area contributed by atoms with Crippen molar-refractivity contribution >= 4 is 45.8 Å². The molecule has 6 atom stereocenters. The number of hydrogen-bond donors (Lipinski definition) is 7. The molecule has 17 nitrogen and oxygen atoms in total. The molecule has 2 saturated carbocycles. The van der Waals surface area contributed by atoms with Gasteiger partial charge >= 0.3 is 5.97 Å². The molecule has 318 valence electrons. The van der Waals surface area contributed by atoms with E-state index in [9.17, 15) is 54.6 Å². The number of aromatic nitrogens is 1. The molecule has 60 heavy (non-hydrogen) atoms. The number of amides is 1. The number of carboxylic acid groups (broad SMARTS) is 1. The number of phenols is 1. The van der Waals surface area contributed by atoms with Crippen LogP contribution in [0.5, 0.6) is 11.5 Å². The number of hydrogen-bond acceptors (Lipinski definition) is 14. The van der Waals surface area contributed by atoms with Crippen molar-refractivity contribution in [1.82, 2.24) is 19.7 Å². The number of aliphatic hydroxyl groups excluding tert-OH is 2. The van der Waals surface area contributed by atoms with E-state index in [0.29, 0.717) is 0 Å². The highest BCUT2D eigenvalue weighted by Crippen LogP contribution is 2.57. The summed E-state index contributed by atoms with van der Waals surface area (Å²) in [5.74, 6) is -10.2. The molecular formula is C42H46FN5O12. The molecular weight excluding hydrogens is 785 g/mol. The molecule has 1 saturated heterocycles. The van der Waals surface area contributed by atoms with Crippen LogP contribution in [0.4, 0.5) is 10.1 Å². The molecule has 18 heteroatoms. The zero-order valence-electron chi connectivity index (χ0n) is 33.5. The van der Waals surface area contributed by atoms with Gasteiger partial charge in [-0.05, 0) is 64.9 Å². The Bertz CT molecular complexity index is 2540. The van der Waals surface area contributed by atoms with Crippen molar-refractivity contribution in [1.29, 1.82) is 0 Å². The number of rotatable bonds is 8. The van der Waals surface area contributed by atoms with Gasteiger partial charge in [0.25, 0.3) is 5.91 Å². The first-order valence-electron chi connectivity index (χ1n) is 19.6. The molecule has 1 aromatic heterocycles. The minimum Gasteiger partial charge on any atom is -0.508 e. The first kappa shape index (κ1) is 40.9. The largest absolute Gasteiger partial charge is 0.508 e. The standard InChI is InChI=1S/C42H46FN5O12/c1-18-15-46(32-25(43)13-20-30(36(32)60-5)48(19-9-10-19)16-21(33(20)50)40(56)57)11-12-47(18)17-44-39(55)29-35(52)31(45(3)4)24-14-23-28(37(53)42(24,59)38(29)54)34(51)27-22(41(23,2)58)7-6-8-26(27)49/h6-8,13,16,18-19,23-24,31,49,51,54,58-59H,9-12,14-15,17H2,1-5H3,(H,44,55)(H,56,57)/t18?,23-,24-,31-,41+,42-/m0/s1. The number of pyridine rings is 1. The summed E-state index contributed by atoms with van der Waals surface area (Å²) in [7, 11) is 4.36. The molecule has 2 heterocycles. The minimum atomic E-state index is -2.88. The van der Waals surface area contributed by atoms with Gasteiger partial charge in [0.15, 0.2) is 23.0 Å². The molecule has 3 aromatic rings. The number of benzene rings is 2. The van der Waals surface area contributed by atoms with E-state index >= 15 is 4.39 Å². The number of aromatic carboxylic acids is 1. The number of ketones is 2. The summed E-state index contributed by atoms with van der Waals surface area (Å²) in [5, 5.41) is 70.0. The van der Waals surface area contributed by atoms with Crippen molar-refractivity contribution in [2.45, 2.75) is 62.4 Å². The zero-order valence-corrected chi connectivity index (χ0v) is 33.5. The topological polar surface area (TPSA) is 243 Å². The van der Waals surface area contributed by atoms with Gasteiger partial charge in [-0.15, -0.1) is 0 Å². The number of fused-ring (bicyclic) bond motifs is 4. The number of Topliss-reactive ketones (excluding diaryl/α,β-unsaturated/α-hetero) is 2. The maximum absolute atomic E-state index is 16.0. The Kier molecular flexibility index (Phi) is 9.65. The van der Waals surface area contributed by atoms with Crippen LogP contribution in [0.2, 0.25) is 0 Å². The summed E-state index contributed by atoms with van der Waals surface area (Å²) >= 11 is 0. The molecule has 1 amide bonds. The maximum atomic E-state index is 16.0. The number of methoxy groups -OCH3 is 1. The predicted octanol–water partition coefficient (Wildman–Crippen LogP) is 1.92. The molecule has 3 fully saturated rings.